The lowest BCUT2D eigenvalue weighted by atomic mass is 9.69. The molecule has 13 heavy (non-hydrogen) atoms. The van der Waals surface area contributed by atoms with Crippen LogP contribution in [-0.4, -0.2) is 11.2 Å². The summed E-state index contributed by atoms with van der Waals surface area (Å²) in [5.74, 6) is 1.56. The first-order chi connectivity index (χ1) is 6.36. The summed E-state index contributed by atoms with van der Waals surface area (Å²) in [5, 5.41) is 9.40. The van der Waals surface area contributed by atoms with Gasteiger partial charge in [-0.05, 0) is 43.9 Å². The van der Waals surface area contributed by atoms with Gasteiger partial charge in [-0.1, -0.05) is 27.7 Å². The number of hydrogen-bond donors (Lipinski definition) is 1. The normalized spacial score (nSPS) is 35.3. The first kappa shape index (κ1) is 13.0. The third kappa shape index (κ3) is 3.68. The predicted molar refractivity (Wildman–Crippen MR) is 58.8 cm³/mol. The molecule has 1 heteroatoms. The molecule has 1 atom stereocenters. The minimum absolute atomic E-state index is 0.0671. The van der Waals surface area contributed by atoms with Gasteiger partial charge in [-0.2, -0.15) is 0 Å². The van der Waals surface area contributed by atoms with Crippen LogP contribution in [0.25, 0.3) is 0 Å². The molecule has 3 saturated carbocycles. The molecule has 1 N–H and O–H groups in total. The summed E-state index contributed by atoms with van der Waals surface area (Å²) in [6.07, 6.45) is 6.55. The standard InChI is InChI=1S/C8H14O.2C2H6/c9-8-5-6-1-3-7(8)4-2-6;2*1-2/h6-9H,1-5H2;2*1-2H3. The van der Waals surface area contributed by atoms with E-state index >= 15 is 0 Å². The summed E-state index contributed by atoms with van der Waals surface area (Å²) in [6.45, 7) is 8.00. The zero-order valence-corrected chi connectivity index (χ0v) is 9.71. The summed E-state index contributed by atoms with van der Waals surface area (Å²) in [6, 6.07) is 0. The van der Waals surface area contributed by atoms with Crippen LogP contribution in [0.2, 0.25) is 0 Å². The summed E-state index contributed by atoms with van der Waals surface area (Å²) < 4.78 is 0. The maximum Gasteiger partial charge on any atom is 0.0571 e. The minimum atomic E-state index is 0.0671. The van der Waals surface area contributed by atoms with E-state index in [9.17, 15) is 5.11 Å². The lowest BCUT2D eigenvalue weighted by Gasteiger charge is -2.39. The van der Waals surface area contributed by atoms with Gasteiger partial charge in [0.2, 0.25) is 0 Å². The van der Waals surface area contributed by atoms with E-state index in [0.717, 1.165) is 12.3 Å². The second-order valence-electron chi connectivity index (χ2n) is 3.58. The van der Waals surface area contributed by atoms with Gasteiger partial charge in [0.15, 0.2) is 0 Å². The zero-order valence-electron chi connectivity index (χ0n) is 9.71. The lowest BCUT2D eigenvalue weighted by Crippen LogP contribution is -2.34. The molecule has 0 aromatic carbocycles. The van der Waals surface area contributed by atoms with Gasteiger partial charge in [0.1, 0.15) is 0 Å². The van der Waals surface area contributed by atoms with Crippen LogP contribution in [0.1, 0.15) is 59.8 Å². The Morgan fingerprint density at radius 3 is 1.46 bits per heavy atom. The highest BCUT2D eigenvalue weighted by atomic mass is 16.3. The SMILES string of the molecule is CC.CC.OC1CC2CCC1CC2. The van der Waals surface area contributed by atoms with Gasteiger partial charge in [0.05, 0.1) is 6.10 Å². The molecular weight excluding hydrogens is 160 g/mol. The van der Waals surface area contributed by atoms with Crippen LogP contribution >= 0.6 is 0 Å². The highest BCUT2D eigenvalue weighted by Gasteiger charge is 2.33. The third-order valence-electron chi connectivity index (χ3n) is 3.01. The molecule has 0 spiro atoms. The number of fused-ring (bicyclic) bond motifs is 3. The van der Waals surface area contributed by atoms with E-state index in [1.807, 2.05) is 27.7 Å². The average Bonchev–Trinajstić information content (AvgIpc) is 2.25. The van der Waals surface area contributed by atoms with Gasteiger partial charge in [0, 0.05) is 0 Å². The van der Waals surface area contributed by atoms with Crippen molar-refractivity contribution in [3.8, 4) is 0 Å². The second-order valence-corrected chi connectivity index (χ2v) is 3.58. The van der Waals surface area contributed by atoms with Crippen molar-refractivity contribution >= 4 is 0 Å². The van der Waals surface area contributed by atoms with Crippen LogP contribution in [0, 0.1) is 11.8 Å². The Bertz CT molecular complexity index is 104. The lowest BCUT2D eigenvalue weighted by molar-refractivity contribution is 0.00248. The van der Waals surface area contributed by atoms with Crippen LogP contribution in [0.5, 0.6) is 0 Å². The fourth-order valence-electron chi connectivity index (χ4n) is 2.34. The molecule has 80 valence electrons. The van der Waals surface area contributed by atoms with E-state index in [0.29, 0.717) is 5.92 Å². The Balaban J connectivity index is 0.000000322. The van der Waals surface area contributed by atoms with Crippen molar-refractivity contribution in [2.45, 2.75) is 65.9 Å². The topological polar surface area (TPSA) is 20.2 Å². The van der Waals surface area contributed by atoms with Crippen molar-refractivity contribution < 1.29 is 5.11 Å². The van der Waals surface area contributed by atoms with Gasteiger partial charge in [-0.3, -0.25) is 0 Å². The van der Waals surface area contributed by atoms with Crippen molar-refractivity contribution in [1.29, 1.82) is 0 Å². The minimum Gasteiger partial charge on any atom is -0.393 e. The highest BCUT2D eigenvalue weighted by molar-refractivity contribution is 4.85. The second kappa shape index (κ2) is 7.37. The predicted octanol–water partition coefficient (Wildman–Crippen LogP) is 3.61. The molecule has 0 aliphatic heterocycles. The molecule has 0 aromatic heterocycles. The van der Waals surface area contributed by atoms with Crippen LogP contribution in [0.4, 0.5) is 0 Å². The van der Waals surface area contributed by atoms with E-state index in [-0.39, 0.29) is 6.10 Å². The Labute approximate surface area is 83.5 Å². The molecule has 3 fully saturated rings. The van der Waals surface area contributed by atoms with Gasteiger partial charge in [-0.15, -0.1) is 0 Å². The molecule has 1 unspecified atom stereocenters. The molecule has 3 rings (SSSR count). The van der Waals surface area contributed by atoms with Gasteiger partial charge < -0.3 is 5.11 Å². The third-order valence-corrected chi connectivity index (χ3v) is 3.01. The molecule has 3 aliphatic rings. The largest absolute Gasteiger partial charge is 0.393 e. The number of aliphatic hydroxyl groups is 1. The number of hydrogen-bond acceptors (Lipinski definition) is 1. The van der Waals surface area contributed by atoms with Gasteiger partial charge >= 0.3 is 0 Å². The monoisotopic (exact) mass is 186 g/mol. The van der Waals surface area contributed by atoms with Crippen molar-refractivity contribution in [3.63, 3.8) is 0 Å². The summed E-state index contributed by atoms with van der Waals surface area (Å²) in [4.78, 5) is 0. The summed E-state index contributed by atoms with van der Waals surface area (Å²) in [7, 11) is 0. The summed E-state index contributed by atoms with van der Waals surface area (Å²) in [5.41, 5.74) is 0. The Morgan fingerprint density at radius 1 is 0.846 bits per heavy atom. The Kier molecular flexibility index (Phi) is 7.35. The number of aliphatic hydroxyl groups excluding tert-OH is 1. The Morgan fingerprint density at radius 2 is 1.31 bits per heavy atom. The maximum absolute atomic E-state index is 9.40. The van der Waals surface area contributed by atoms with Gasteiger partial charge in [-0.25, -0.2) is 0 Å². The van der Waals surface area contributed by atoms with Crippen molar-refractivity contribution in [3.05, 3.63) is 0 Å². The molecule has 0 saturated heterocycles. The maximum atomic E-state index is 9.40. The van der Waals surface area contributed by atoms with Crippen LogP contribution in [0.3, 0.4) is 0 Å². The van der Waals surface area contributed by atoms with Crippen LogP contribution in [-0.2, 0) is 0 Å². The van der Waals surface area contributed by atoms with Crippen molar-refractivity contribution in [2.75, 3.05) is 0 Å². The first-order valence-corrected chi connectivity index (χ1v) is 6.04. The number of rotatable bonds is 0. The fraction of sp³-hybridized carbons (Fsp3) is 1.00. The van der Waals surface area contributed by atoms with E-state index in [1.165, 1.54) is 25.7 Å². The molecule has 2 bridgehead atoms. The fourth-order valence-corrected chi connectivity index (χ4v) is 2.34. The smallest absolute Gasteiger partial charge is 0.0571 e. The summed E-state index contributed by atoms with van der Waals surface area (Å²) >= 11 is 0. The molecule has 1 nitrogen and oxygen atoms in total. The van der Waals surface area contributed by atoms with E-state index in [4.69, 9.17) is 0 Å². The molecule has 0 heterocycles. The molecule has 0 amide bonds. The van der Waals surface area contributed by atoms with Crippen molar-refractivity contribution in [1.82, 2.24) is 0 Å². The van der Waals surface area contributed by atoms with Gasteiger partial charge in [0.25, 0.3) is 0 Å². The Hall–Kier alpha value is -0.0400. The molecular formula is C12H26O. The van der Waals surface area contributed by atoms with E-state index in [2.05, 4.69) is 0 Å². The molecule has 3 aliphatic carbocycles. The zero-order chi connectivity index (χ0) is 10.3. The molecule has 0 aromatic rings. The van der Waals surface area contributed by atoms with Crippen LogP contribution in [0.15, 0.2) is 0 Å². The van der Waals surface area contributed by atoms with E-state index in [1.54, 1.807) is 0 Å². The van der Waals surface area contributed by atoms with E-state index < -0.39 is 0 Å². The first-order valence-electron chi connectivity index (χ1n) is 6.04. The quantitative estimate of drug-likeness (QED) is 0.612. The average molecular weight is 186 g/mol. The molecule has 0 radical (unpaired) electrons. The van der Waals surface area contributed by atoms with Crippen molar-refractivity contribution in [2.24, 2.45) is 11.8 Å². The van der Waals surface area contributed by atoms with Crippen LogP contribution < -0.4 is 0 Å². The highest BCUT2D eigenvalue weighted by Crippen LogP contribution is 2.40.